The van der Waals surface area contributed by atoms with E-state index in [0.29, 0.717) is 37.6 Å². The highest BCUT2D eigenvalue weighted by molar-refractivity contribution is 5.94. The van der Waals surface area contributed by atoms with Crippen molar-refractivity contribution in [2.24, 2.45) is 23.0 Å². The second-order valence-electron chi connectivity index (χ2n) is 10.5. The number of hydrogen-bond donors (Lipinski definition) is 2. The third-order valence-electron chi connectivity index (χ3n) is 7.65. The van der Waals surface area contributed by atoms with Gasteiger partial charge >= 0.3 is 12.2 Å². The standard InChI is InChI=1S/C28H38N8O6/c1-4-40-28(38)41-17-36-23(19-7-8-20(12-19)42-27(37)31-15-18-6-5-10-29-14-18)13-24(34-36)32-26-25-21(9-11-30-26)22(16-39-3)33-35(25)2/h9-11,14,19-20,23H,4-8,12-13,15-17H2,1-3H3,(H,31,37)(H,30,32,34)/t19-,20+,23?/m0/s1. The maximum Gasteiger partial charge on any atom is 0.509 e. The lowest BCUT2D eigenvalue weighted by molar-refractivity contribution is -0.0133. The Labute approximate surface area is 244 Å². The van der Waals surface area contributed by atoms with E-state index in [1.54, 1.807) is 31.1 Å². The highest BCUT2D eigenvalue weighted by Gasteiger charge is 2.41. The highest BCUT2D eigenvalue weighted by Crippen LogP contribution is 2.36. The van der Waals surface area contributed by atoms with Crippen LogP contribution in [0.4, 0.5) is 15.4 Å². The number of pyridine rings is 1. The van der Waals surface area contributed by atoms with Gasteiger partial charge in [-0.25, -0.2) is 19.6 Å². The molecular weight excluding hydrogens is 544 g/mol. The van der Waals surface area contributed by atoms with Crippen molar-refractivity contribution in [3.05, 3.63) is 29.7 Å². The number of nitrogens with zero attached hydrogens (tertiary/aromatic N) is 6. The number of amidine groups is 1. The maximum absolute atomic E-state index is 12.5. The van der Waals surface area contributed by atoms with Gasteiger partial charge in [-0.2, -0.15) is 10.1 Å². The number of rotatable bonds is 10. The Kier molecular flexibility index (Phi) is 9.64. The number of hydrazine groups is 1. The minimum atomic E-state index is -0.737. The number of aryl methyl sites for hydroxylation is 1. The van der Waals surface area contributed by atoms with Crippen LogP contribution in [0.15, 0.2) is 34.0 Å². The molecule has 0 spiro atoms. The molecule has 2 fully saturated rings. The van der Waals surface area contributed by atoms with Crippen molar-refractivity contribution in [2.75, 3.05) is 27.0 Å². The van der Waals surface area contributed by atoms with Gasteiger partial charge in [0.15, 0.2) is 12.5 Å². The van der Waals surface area contributed by atoms with Gasteiger partial charge < -0.3 is 29.7 Å². The van der Waals surface area contributed by atoms with E-state index >= 15 is 0 Å². The Hall–Kier alpha value is -4.04. The van der Waals surface area contributed by atoms with Crippen LogP contribution in [0.2, 0.25) is 0 Å². The molecule has 1 unspecified atom stereocenters. The van der Waals surface area contributed by atoms with Gasteiger partial charge in [-0.05, 0) is 56.6 Å². The minimum absolute atomic E-state index is 0.0239. The molecule has 2 aliphatic heterocycles. The number of ether oxygens (including phenoxy) is 4. The number of hydrogen-bond acceptors (Lipinski definition) is 11. The Morgan fingerprint density at radius 3 is 2.93 bits per heavy atom. The first-order chi connectivity index (χ1) is 20.4. The van der Waals surface area contributed by atoms with Crippen LogP contribution in [0.3, 0.4) is 0 Å². The SMILES string of the molecule is CCOC(=O)OCN1NC(=Nc2nccc3c(COC)nn(C)c23)CC1[C@H]1CC[C@@H](OC(=O)NCC2=CN=CCC2)C1. The van der Waals surface area contributed by atoms with Gasteiger partial charge in [0.05, 0.1) is 18.9 Å². The molecule has 0 bridgehead atoms. The zero-order chi connectivity index (χ0) is 29.5. The average molecular weight is 583 g/mol. The fraction of sp³-hybridized carbons (Fsp3) is 0.571. The molecule has 4 heterocycles. The molecule has 3 aliphatic rings. The van der Waals surface area contributed by atoms with Crippen molar-refractivity contribution in [2.45, 2.75) is 64.2 Å². The lowest BCUT2D eigenvalue weighted by Crippen LogP contribution is -2.43. The molecule has 5 rings (SSSR count). The van der Waals surface area contributed by atoms with Crippen molar-refractivity contribution >= 4 is 41.0 Å². The Balaban J connectivity index is 1.27. The molecule has 42 heavy (non-hydrogen) atoms. The summed E-state index contributed by atoms with van der Waals surface area (Å²) in [5.74, 6) is 1.40. The monoisotopic (exact) mass is 582 g/mol. The van der Waals surface area contributed by atoms with Crippen LogP contribution in [0.5, 0.6) is 0 Å². The number of methoxy groups -OCH3 is 1. The van der Waals surface area contributed by atoms with Crippen LogP contribution in [-0.4, -0.2) is 83.2 Å². The first kappa shape index (κ1) is 29.5. The number of amides is 1. The molecule has 2 aromatic heterocycles. The lowest BCUT2D eigenvalue weighted by atomic mass is 9.95. The summed E-state index contributed by atoms with van der Waals surface area (Å²) >= 11 is 0. The summed E-state index contributed by atoms with van der Waals surface area (Å²) in [6.45, 7) is 2.74. The van der Waals surface area contributed by atoms with Crippen LogP contribution in [0.25, 0.3) is 10.9 Å². The van der Waals surface area contributed by atoms with E-state index in [1.165, 1.54) is 0 Å². The zero-order valence-corrected chi connectivity index (χ0v) is 24.2. The van der Waals surface area contributed by atoms with E-state index in [1.807, 2.05) is 24.3 Å². The fourth-order valence-electron chi connectivity index (χ4n) is 5.73. The molecule has 2 aromatic rings. The van der Waals surface area contributed by atoms with Crippen molar-refractivity contribution in [1.82, 2.24) is 30.5 Å². The third kappa shape index (κ3) is 7.05. The van der Waals surface area contributed by atoms with Gasteiger partial charge in [0.25, 0.3) is 0 Å². The van der Waals surface area contributed by atoms with E-state index in [2.05, 4.69) is 25.8 Å². The first-order valence-corrected chi connectivity index (χ1v) is 14.3. The second kappa shape index (κ2) is 13.7. The Morgan fingerprint density at radius 2 is 2.14 bits per heavy atom. The average Bonchev–Trinajstić information content (AvgIpc) is 3.69. The van der Waals surface area contributed by atoms with E-state index < -0.39 is 12.2 Å². The summed E-state index contributed by atoms with van der Waals surface area (Å²) in [5, 5.41) is 10.2. The lowest BCUT2D eigenvalue weighted by Gasteiger charge is -2.27. The zero-order valence-electron chi connectivity index (χ0n) is 24.2. The number of aromatic nitrogens is 3. The van der Waals surface area contributed by atoms with E-state index in [0.717, 1.165) is 47.9 Å². The van der Waals surface area contributed by atoms with E-state index in [9.17, 15) is 9.59 Å². The van der Waals surface area contributed by atoms with Crippen molar-refractivity contribution in [3.8, 4) is 0 Å². The largest absolute Gasteiger partial charge is 0.509 e. The molecule has 0 aromatic carbocycles. The molecule has 1 amide bonds. The van der Waals surface area contributed by atoms with Gasteiger partial charge in [-0.3, -0.25) is 9.67 Å². The molecule has 1 aliphatic carbocycles. The van der Waals surface area contributed by atoms with Gasteiger partial charge in [-0.1, -0.05) is 0 Å². The van der Waals surface area contributed by atoms with Crippen molar-refractivity contribution in [1.29, 1.82) is 0 Å². The number of carbonyl (C=O) groups excluding carboxylic acids is 2. The predicted octanol–water partition coefficient (Wildman–Crippen LogP) is 3.50. The van der Waals surface area contributed by atoms with Crippen LogP contribution in [0, 0.1) is 5.92 Å². The van der Waals surface area contributed by atoms with Crippen LogP contribution in [-0.2, 0) is 32.6 Å². The fourth-order valence-corrected chi connectivity index (χ4v) is 5.73. The number of carbonyl (C=O) groups is 2. The van der Waals surface area contributed by atoms with E-state index in [4.69, 9.17) is 23.9 Å². The molecule has 1 saturated heterocycles. The molecular formula is C28H38N8O6. The summed E-state index contributed by atoms with van der Waals surface area (Å²) < 4.78 is 23.1. The maximum atomic E-state index is 12.5. The molecule has 1 saturated carbocycles. The number of fused-ring (bicyclic) bond motifs is 1. The second-order valence-corrected chi connectivity index (χ2v) is 10.5. The molecule has 3 atom stereocenters. The smallest absolute Gasteiger partial charge is 0.446 e. The van der Waals surface area contributed by atoms with Gasteiger partial charge in [-0.15, -0.1) is 0 Å². The molecule has 2 N–H and O–H groups in total. The number of nitrogens with one attached hydrogen (secondary N) is 2. The number of alkyl carbamates (subject to hydrolysis) is 1. The molecule has 226 valence electrons. The Morgan fingerprint density at radius 1 is 1.26 bits per heavy atom. The Bertz CT molecular complexity index is 1370. The highest BCUT2D eigenvalue weighted by atomic mass is 16.7. The van der Waals surface area contributed by atoms with Crippen molar-refractivity contribution in [3.63, 3.8) is 0 Å². The third-order valence-corrected chi connectivity index (χ3v) is 7.65. The van der Waals surface area contributed by atoms with Gasteiger partial charge in [0.2, 0.25) is 0 Å². The summed E-state index contributed by atoms with van der Waals surface area (Å²) in [7, 11) is 3.49. The number of aliphatic imine (C=N–C) groups is 2. The topological polar surface area (TPSA) is 154 Å². The predicted molar refractivity (Wildman–Crippen MR) is 154 cm³/mol. The summed E-state index contributed by atoms with van der Waals surface area (Å²) in [4.78, 5) is 37.9. The van der Waals surface area contributed by atoms with E-state index in [-0.39, 0.29) is 31.4 Å². The van der Waals surface area contributed by atoms with Gasteiger partial charge in [0.1, 0.15) is 17.5 Å². The normalized spacial score (nSPS) is 23.2. The molecule has 14 heteroatoms. The summed E-state index contributed by atoms with van der Waals surface area (Å²) in [5.41, 5.74) is 6.00. The summed E-state index contributed by atoms with van der Waals surface area (Å²) in [6, 6.07) is 1.86. The molecule has 0 radical (unpaired) electrons. The summed E-state index contributed by atoms with van der Waals surface area (Å²) in [6.07, 6.45) is 8.63. The first-order valence-electron chi connectivity index (χ1n) is 14.3. The van der Waals surface area contributed by atoms with Crippen LogP contribution in [0.1, 0.15) is 51.1 Å². The molecule has 14 nitrogen and oxygen atoms in total. The van der Waals surface area contributed by atoms with Crippen LogP contribution >= 0.6 is 0 Å². The minimum Gasteiger partial charge on any atom is -0.446 e. The quantitative estimate of drug-likeness (QED) is 0.398. The van der Waals surface area contributed by atoms with Crippen molar-refractivity contribution < 1.29 is 28.5 Å². The van der Waals surface area contributed by atoms with Gasteiger partial charge in [0, 0.05) is 57.2 Å². The van der Waals surface area contributed by atoms with Crippen LogP contribution < -0.4 is 10.7 Å².